The number of nitrogens with zero attached hydrogens (tertiary/aromatic N) is 1. The van der Waals surface area contributed by atoms with Crippen LogP contribution in [0.4, 0.5) is 0 Å². The second kappa shape index (κ2) is 4.96. The van der Waals surface area contributed by atoms with Crippen molar-refractivity contribution in [1.29, 1.82) is 0 Å². The zero-order chi connectivity index (χ0) is 15.1. The van der Waals surface area contributed by atoms with Crippen LogP contribution in [0.15, 0.2) is 30.3 Å². The van der Waals surface area contributed by atoms with Gasteiger partial charge in [-0.05, 0) is 5.56 Å². The number of amides is 2. The zero-order valence-corrected chi connectivity index (χ0v) is 11.8. The number of hydrogen-bond acceptors (Lipinski definition) is 5. The Hall–Kier alpha value is -2.21. The first kappa shape index (κ1) is 13.8. The van der Waals surface area contributed by atoms with E-state index >= 15 is 0 Å². The minimum absolute atomic E-state index is 0.252. The van der Waals surface area contributed by atoms with Gasteiger partial charge in [0.15, 0.2) is 0 Å². The summed E-state index contributed by atoms with van der Waals surface area (Å²) in [5.74, 6) is -2.35. The minimum Gasteiger partial charge on any atom is -0.468 e. The van der Waals surface area contributed by atoms with Crippen LogP contribution in [0.1, 0.15) is 11.6 Å². The molecule has 4 atom stereocenters. The summed E-state index contributed by atoms with van der Waals surface area (Å²) in [7, 11) is 2.74. The van der Waals surface area contributed by atoms with Gasteiger partial charge in [0.05, 0.1) is 18.9 Å². The third kappa shape index (κ3) is 1.94. The van der Waals surface area contributed by atoms with Crippen molar-refractivity contribution in [3.05, 3.63) is 35.9 Å². The van der Waals surface area contributed by atoms with Gasteiger partial charge < -0.3 is 4.74 Å². The van der Waals surface area contributed by atoms with Crippen molar-refractivity contribution < 1.29 is 19.1 Å². The van der Waals surface area contributed by atoms with Crippen LogP contribution in [0.2, 0.25) is 0 Å². The second-order valence-corrected chi connectivity index (χ2v) is 5.34. The molecule has 2 fully saturated rings. The van der Waals surface area contributed by atoms with Crippen molar-refractivity contribution in [3.63, 3.8) is 0 Å². The lowest BCUT2D eigenvalue weighted by molar-refractivity contribution is -0.147. The average Bonchev–Trinajstić information content (AvgIpc) is 3.01. The molecule has 3 rings (SSSR count). The highest BCUT2D eigenvalue weighted by Crippen LogP contribution is 2.43. The average molecular weight is 288 g/mol. The molecule has 0 radical (unpaired) electrons. The molecule has 2 heterocycles. The van der Waals surface area contributed by atoms with E-state index in [4.69, 9.17) is 4.74 Å². The molecule has 1 aromatic carbocycles. The van der Waals surface area contributed by atoms with E-state index in [-0.39, 0.29) is 17.9 Å². The van der Waals surface area contributed by atoms with E-state index in [0.29, 0.717) is 0 Å². The van der Waals surface area contributed by atoms with Crippen LogP contribution < -0.4 is 5.32 Å². The summed E-state index contributed by atoms with van der Waals surface area (Å²) < 4.78 is 4.76. The van der Waals surface area contributed by atoms with Crippen LogP contribution in [0.5, 0.6) is 0 Å². The molecule has 1 aromatic rings. The fraction of sp³-hybridized carbons (Fsp3) is 0.400. The Labute approximate surface area is 122 Å². The standard InChI is InChI=1S/C15H16N2O4/c1-17-13(18)9-10(14(17)19)12(15(20)21-2)16-11(9)8-6-4-3-5-7-8/h3-7,9-12,16H,1-2H3/t9-,10+,11+,12+/m1/s1. The Morgan fingerprint density at radius 1 is 1.14 bits per heavy atom. The number of benzene rings is 1. The summed E-state index contributed by atoms with van der Waals surface area (Å²) in [5, 5.41) is 3.10. The van der Waals surface area contributed by atoms with Crippen molar-refractivity contribution >= 4 is 17.8 Å². The largest absolute Gasteiger partial charge is 0.468 e. The van der Waals surface area contributed by atoms with Gasteiger partial charge in [-0.2, -0.15) is 0 Å². The number of ether oxygens (including phenoxy) is 1. The van der Waals surface area contributed by atoms with Crippen molar-refractivity contribution in [3.8, 4) is 0 Å². The van der Waals surface area contributed by atoms with Crippen molar-refractivity contribution in [2.75, 3.05) is 14.2 Å². The maximum Gasteiger partial charge on any atom is 0.323 e. The molecule has 0 spiro atoms. The van der Waals surface area contributed by atoms with Crippen LogP contribution in [-0.4, -0.2) is 42.9 Å². The van der Waals surface area contributed by atoms with Gasteiger partial charge in [0.1, 0.15) is 6.04 Å². The predicted molar refractivity (Wildman–Crippen MR) is 72.9 cm³/mol. The molecule has 0 aliphatic carbocycles. The predicted octanol–water partition coefficient (Wildman–Crippen LogP) is 0.103. The van der Waals surface area contributed by atoms with Crippen molar-refractivity contribution in [2.24, 2.45) is 11.8 Å². The summed E-state index contributed by atoms with van der Waals surface area (Å²) in [5.41, 5.74) is 0.885. The summed E-state index contributed by atoms with van der Waals surface area (Å²) in [6.45, 7) is 0. The van der Waals surface area contributed by atoms with Crippen LogP contribution in [0.25, 0.3) is 0 Å². The molecule has 21 heavy (non-hydrogen) atoms. The molecular weight excluding hydrogens is 272 g/mol. The Kier molecular flexibility index (Phi) is 3.25. The van der Waals surface area contributed by atoms with E-state index in [0.717, 1.165) is 10.5 Å². The van der Waals surface area contributed by atoms with Gasteiger partial charge in [-0.1, -0.05) is 30.3 Å². The highest BCUT2D eigenvalue weighted by molar-refractivity contribution is 6.08. The first-order chi connectivity index (χ1) is 10.1. The Morgan fingerprint density at radius 3 is 2.38 bits per heavy atom. The highest BCUT2D eigenvalue weighted by atomic mass is 16.5. The topological polar surface area (TPSA) is 75.7 Å². The number of methoxy groups -OCH3 is 1. The number of carbonyl (C=O) groups excluding carboxylic acids is 3. The van der Waals surface area contributed by atoms with E-state index in [1.165, 1.54) is 14.2 Å². The first-order valence-corrected chi connectivity index (χ1v) is 6.76. The number of carbonyl (C=O) groups is 3. The third-order valence-electron chi connectivity index (χ3n) is 4.31. The maximum absolute atomic E-state index is 12.4. The number of likely N-dealkylation sites (tertiary alicyclic amines) is 1. The maximum atomic E-state index is 12.4. The summed E-state index contributed by atoms with van der Waals surface area (Å²) in [4.78, 5) is 37.7. The quantitative estimate of drug-likeness (QED) is 0.617. The van der Waals surface area contributed by atoms with Crippen LogP contribution in [-0.2, 0) is 19.1 Å². The number of rotatable bonds is 2. The highest BCUT2D eigenvalue weighted by Gasteiger charge is 2.60. The van der Waals surface area contributed by atoms with Gasteiger partial charge in [-0.3, -0.25) is 24.6 Å². The molecule has 6 heteroatoms. The van der Waals surface area contributed by atoms with Crippen LogP contribution in [0.3, 0.4) is 0 Å². The lowest BCUT2D eigenvalue weighted by atomic mass is 9.86. The molecule has 2 amide bonds. The van der Waals surface area contributed by atoms with Gasteiger partial charge in [-0.25, -0.2) is 0 Å². The monoisotopic (exact) mass is 288 g/mol. The van der Waals surface area contributed by atoms with Crippen molar-refractivity contribution in [1.82, 2.24) is 10.2 Å². The van der Waals surface area contributed by atoms with Crippen molar-refractivity contribution in [2.45, 2.75) is 12.1 Å². The molecule has 0 unspecified atom stereocenters. The molecule has 0 aromatic heterocycles. The smallest absolute Gasteiger partial charge is 0.323 e. The van der Waals surface area contributed by atoms with E-state index < -0.39 is 23.8 Å². The third-order valence-corrected chi connectivity index (χ3v) is 4.31. The zero-order valence-electron chi connectivity index (χ0n) is 11.8. The lowest BCUT2D eigenvalue weighted by Crippen LogP contribution is -2.42. The fourth-order valence-electron chi connectivity index (χ4n) is 3.27. The van der Waals surface area contributed by atoms with E-state index in [2.05, 4.69) is 5.32 Å². The molecule has 2 saturated heterocycles. The first-order valence-electron chi connectivity index (χ1n) is 6.76. The normalized spacial score (nSPS) is 31.4. The molecule has 0 saturated carbocycles. The van der Waals surface area contributed by atoms with Gasteiger partial charge in [-0.15, -0.1) is 0 Å². The Bertz CT molecular complexity index is 601. The molecule has 2 aliphatic heterocycles. The Balaban J connectivity index is 2.02. The summed E-state index contributed by atoms with van der Waals surface area (Å²) >= 11 is 0. The lowest BCUT2D eigenvalue weighted by Gasteiger charge is -2.19. The minimum atomic E-state index is -0.786. The summed E-state index contributed by atoms with van der Waals surface area (Å²) in [6, 6.07) is 8.22. The van der Waals surface area contributed by atoms with Gasteiger partial charge in [0.25, 0.3) is 0 Å². The number of nitrogens with one attached hydrogen (secondary N) is 1. The van der Waals surface area contributed by atoms with Gasteiger partial charge in [0.2, 0.25) is 11.8 Å². The molecule has 110 valence electrons. The van der Waals surface area contributed by atoms with Gasteiger partial charge in [0, 0.05) is 13.1 Å². The number of fused-ring (bicyclic) bond motifs is 1. The SMILES string of the molecule is COC(=O)[C@H]1N[C@@H](c2ccccc2)[C@@H]2C(=O)N(C)C(=O)[C@@H]21. The second-order valence-electron chi connectivity index (χ2n) is 5.34. The number of hydrogen-bond donors (Lipinski definition) is 1. The fourth-order valence-corrected chi connectivity index (χ4v) is 3.27. The number of esters is 1. The molecular formula is C15H16N2O4. The van der Waals surface area contributed by atoms with Crippen LogP contribution in [0, 0.1) is 11.8 Å². The Morgan fingerprint density at radius 2 is 1.76 bits per heavy atom. The van der Waals surface area contributed by atoms with E-state index in [1.54, 1.807) is 0 Å². The molecule has 6 nitrogen and oxygen atoms in total. The van der Waals surface area contributed by atoms with E-state index in [1.807, 2.05) is 30.3 Å². The van der Waals surface area contributed by atoms with E-state index in [9.17, 15) is 14.4 Å². The summed E-state index contributed by atoms with van der Waals surface area (Å²) in [6.07, 6.45) is 0. The molecule has 1 N–H and O–H groups in total. The number of imide groups is 1. The molecule has 2 aliphatic rings. The van der Waals surface area contributed by atoms with Crippen LogP contribution >= 0.6 is 0 Å². The van der Waals surface area contributed by atoms with Gasteiger partial charge >= 0.3 is 5.97 Å². The molecule has 0 bridgehead atoms.